The zero-order valence-corrected chi connectivity index (χ0v) is 18.1. The molecule has 3 rings (SSSR count). The van der Waals surface area contributed by atoms with E-state index in [1.807, 2.05) is 24.3 Å². The number of nitrogens with one attached hydrogen (secondary N) is 3. The molecule has 0 bridgehead atoms. The van der Waals surface area contributed by atoms with Crippen LogP contribution < -0.4 is 20.7 Å². The van der Waals surface area contributed by atoms with E-state index in [2.05, 4.69) is 29.8 Å². The maximum Gasteiger partial charge on any atom is 0.251 e. The van der Waals surface area contributed by atoms with E-state index in [0.29, 0.717) is 36.0 Å². The summed E-state index contributed by atoms with van der Waals surface area (Å²) in [5.41, 5.74) is 1.92. The largest absolute Gasteiger partial charge is 0.493 e. The summed E-state index contributed by atoms with van der Waals surface area (Å²) in [4.78, 5) is 24.7. The van der Waals surface area contributed by atoms with Gasteiger partial charge < -0.3 is 25.4 Å². The highest BCUT2D eigenvalue weighted by Gasteiger charge is 2.16. The Hall–Kier alpha value is -3.06. The monoisotopic (exact) mass is 425 g/mol. The van der Waals surface area contributed by atoms with E-state index in [1.165, 1.54) is 0 Å². The molecule has 2 amide bonds. The minimum absolute atomic E-state index is 0.0814. The number of carbonyl (C=O) groups is 2. The highest BCUT2D eigenvalue weighted by Crippen LogP contribution is 2.18. The number of benzene rings is 2. The van der Waals surface area contributed by atoms with Crippen LogP contribution in [0.25, 0.3) is 0 Å². The van der Waals surface area contributed by atoms with Crippen LogP contribution in [-0.2, 0) is 9.53 Å². The van der Waals surface area contributed by atoms with Crippen molar-refractivity contribution in [2.45, 2.75) is 32.8 Å². The van der Waals surface area contributed by atoms with Gasteiger partial charge in [-0.2, -0.15) is 0 Å². The van der Waals surface area contributed by atoms with E-state index in [4.69, 9.17) is 9.47 Å². The van der Waals surface area contributed by atoms with Crippen LogP contribution in [0.2, 0.25) is 0 Å². The number of amides is 2. The summed E-state index contributed by atoms with van der Waals surface area (Å²) < 4.78 is 11.2. The summed E-state index contributed by atoms with van der Waals surface area (Å²) in [6.45, 7) is 6.14. The van der Waals surface area contributed by atoms with Crippen LogP contribution in [0, 0.1) is 5.92 Å². The maximum absolute atomic E-state index is 12.4. The third-order valence-electron chi connectivity index (χ3n) is 4.79. The van der Waals surface area contributed by atoms with Crippen LogP contribution in [0.4, 0.5) is 11.4 Å². The maximum atomic E-state index is 12.4. The highest BCUT2D eigenvalue weighted by molar-refractivity contribution is 5.96. The molecule has 1 aliphatic heterocycles. The van der Waals surface area contributed by atoms with Crippen molar-refractivity contribution in [2.24, 2.45) is 5.92 Å². The van der Waals surface area contributed by atoms with Crippen molar-refractivity contribution >= 4 is 23.2 Å². The Bertz CT molecular complexity index is 879. The van der Waals surface area contributed by atoms with Gasteiger partial charge in [-0.3, -0.25) is 9.59 Å². The van der Waals surface area contributed by atoms with Gasteiger partial charge in [0.05, 0.1) is 19.3 Å². The molecule has 1 aliphatic rings. The van der Waals surface area contributed by atoms with Gasteiger partial charge in [-0.05, 0) is 49.1 Å². The summed E-state index contributed by atoms with van der Waals surface area (Å²) in [7, 11) is 0. The van der Waals surface area contributed by atoms with Crippen LogP contribution in [0.1, 0.15) is 37.0 Å². The minimum Gasteiger partial charge on any atom is -0.493 e. The van der Waals surface area contributed by atoms with Crippen molar-refractivity contribution in [1.82, 2.24) is 5.32 Å². The van der Waals surface area contributed by atoms with Crippen molar-refractivity contribution in [2.75, 3.05) is 36.9 Å². The van der Waals surface area contributed by atoms with Crippen molar-refractivity contribution < 1.29 is 19.1 Å². The summed E-state index contributed by atoms with van der Waals surface area (Å²) in [5.74, 6) is 0.813. The molecule has 1 unspecified atom stereocenters. The van der Waals surface area contributed by atoms with Gasteiger partial charge in [-0.25, -0.2) is 0 Å². The number of hydrogen-bond donors (Lipinski definition) is 3. The summed E-state index contributed by atoms with van der Waals surface area (Å²) >= 11 is 0. The van der Waals surface area contributed by atoms with Gasteiger partial charge >= 0.3 is 0 Å². The third-order valence-corrected chi connectivity index (χ3v) is 4.79. The summed E-state index contributed by atoms with van der Waals surface area (Å²) in [6, 6.07) is 14.4. The molecule has 0 spiro atoms. The SMILES string of the molecule is CC(C)COc1cccc(NC(=O)CNc2cccc(C(=O)NCC3CCCO3)c2)c1. The quantitative estimate of drug-likeness (QED) is 0.540. The molecule has 166 valence electrons. The third kappa shape index (κ3) is 7.61. The van der Waals surface area contributed by atoms with Gasteiger partial charge in [0, 0.05) is 36.2 Å². The fraction of sp³-hybridized carbons (Fsp3) is 0.417. The van der Waals surface area contributed by atoms with Gasteiger partial charge in [-0.15, -0.1) is 0 Å². The first-order chi connectivity index (χ1) is 15.0. The lowest BCUT2D eigenvalue weighted by Gasteiger charge is -2.12. The molecule has 1 heterocycles. The molecule has 0 aliphatic carbocycles. The van der Waals surface area contributed by atoms with Gasteiger partial charge in [0.1, 0.15) is 5.75 Å². The van der Waals surface area contributed by atoms with E-state index in [0.717, 1.165) is 25.2 Å². The number of hydrogen-bond acceptors (Lipinski definition) is 5. The molecule has 0 saturated carbocycles. The summed E-state index contributed by atoms with van der Waals surface area (Å²) in [6.07, 6.45) is 2.12. The van der Waals surface area contributed by atoms with Crippen molar-refractivity contribution in [3.63, 3.8) is 0 Å². The predicted octanol–water partition coefficient (Wildman–Crippen LogP) is 3.68. The number of anilines is 2. The van der Waals surface area contributed by atoms with Gasteiger partial charge in [0.2, 0.25) is 5.91 Å². The van der Waals surface area contributed by atoms with E-state index < -0.39 is 0 Å². The first-order valence-electron chi connectivity index (χ1n) is 10.8. The topological polar surface area (TPSA) is 88.7 Å². The second-order valence-corrected chi connectivity index (χ2v) is 8.06. The Morgan fingerprint density at radius 3 is 2.71 bits per heavy atom. The molecule has 1 atom stereocenters. The fourth-order valence-corrected chi connectivity index (χ4v) is 3.20. The number of ether oxygens (including phenoxy) is 2. The molecule has 1 fully saturated rings. The Kier molecular flexibility index (Phi) is 8.29. The standard InChI is InChI=1S/C24H31N3O4/c1-17(2)16-31-21-9-4-8-20(13-21)27-23(28)15-25-19-7-3-6-18(12-19)24(29)26-14-22-10-5-11-30-22/h3-4,6-9,12-13,17,22,25H,5,10-11,14-16H2,1-2H3,(H,26,29)(H,27,28). The Morgan fingerprint density at radius 2 is 1.94 bits per heavy atom. The lowest BCUT2D eigenvalue weighted by atomic mass is 10.1. The van der Waals surface area contributed by atoms with Gasteiger partial charge in [0.15, 0.2) is 0 Å². The van der Waals surface area contributed by atoms with Crippen LogP contribution in [-0.4, -0.2) is 44.2 Å². The van der Waals surface area contributed by atoms with Crippen LogP contribution in [0.15, 0.2) is 48.5 Å². The molecule has 2 aromatic carbocycles. The zero-order chi connectivity index (χ0) is 22.1. The zero-order valence-electron chi connectivity index (χ0n) is 18.1. The number of carbonyl (C=O) groups excluding carboxylic acids is 2. The second-order valence-electron chi connectivity index (χ2n) is 8.06. The first kappa shape index (κ1) is 22.6. The molecule has 0 aromatic heterocycles. The minimum atomic E-state index is -0.186. The second kappa shape index (κ2) is 11.4. The highest BCUT2D eigenvalue weighted by atomic mass is 16.5. The van der Waals surface area contributed by atoms with Crippen molar-refractivity contribution in [3.05, 3.63) is 54.1 Å². The van der Waals surface area contributed by atoms with Crippen molar-refractivity contribution in [3.8, 4) is 5.75 Å². The lowest BCUT2D eigenvalue weighted by Crippen LogP contribution is -2.31. The average Bonchev–Trinajstić information content (AvgIpc) is 3.29. The average molecular weight is 426 g/mol. The fourth-order valence-electron chi connectivity index (χ4n) is 3.20. The Labute approximate surface area is 183 Å². The summed E-state index contributed by atoms with van der Waals surface area (Å²) in [5, 5.41) is 8.82. The van der Waals surface area contributed by atoms with Crippen LogP contribution >= 0.6 is 0 Å². The molecule has 3 N–H and O–H groups in total. The molecular formula is C24H31N3O4. The molecule has 7 nitrogen and oxygen atoms in total. The molecule has 1 saturated heterocycles. The molecule has 7 heteroatoms. The van der Waals surface area contributed by atoms with Crippen LogP contribution in [0.5, 0.6) is 5.75 Å². The van der Waals surface area contributed by atoms with E-state index in [-0.39, 0.29) is 24.5 Å². The van der Waals surface area contributed by atoms with Gasteiger partial charge in [0.25, 0.3) is 5.91 Å². The van der Waals surface area contributed by atoms with Crippen molar-refractivity contribution in [1.29, 1.82) is 0 Å². The van der Waals surface area contributed by atoms with Gasteiger partial charge in [-0.1, -0.05) is 26.0 Å². The lowest BCUT2D eigenvalue weighted by molar-refractivity contribution is -0.114. The molecule has 0 radical (unpaired) electrons. The van der Waals surface area contributed by atoms with E-state index >= 15 is 0 Å². The van der Waals surface area contributed by atoms with E-state index in [1.54, 1.807) is 24.3 Å². The van der Waals surface area contributed by atoms with E-state index in [9.17, 15) is 9.59 Å². The Morgan fingerprint density at radius 1 is 1.13 bits per heavy atom. The normalized spacial score (nSPS) is 15.5. The first-order valence-corrected chi connectivity index (χ1v) is 10.8. The molecule has 31 heavy (non-hydrogen) atoms. The predicted molar refractivity (Wildman–Crippen MR) is 122 cm³/mol. The smallest absolute Gasteiger partial charge is 0.251 e. The van der Waals surface area contributed by atoms with Crippen LogP contribution in [0.3, 0.4) is 0 Å². The molecule has 2 aromatic rings. The molecular weight excluding hydrogens is 394 g/mol. The number of rotatable bonds is 10. The Balaban J connectivity index is 1.47.